The fraction of sp³-hybridized carbons (Fsp3) is 0.0800. The molecule has 32 heavy (non-hydrogen) atoms. The summed E-state index contributed by atoms with van der Waals surface area (Å²) in [5, 5.41) is 0.834. The Hall–Kier alpha value is -3.90. The Labute approximate surface area is 187 Å². The molecule has 5 aromatic rings. The van der Waals surface area contributed by atoms with Crippen LogP contribution in [0.25, 0.3) is 33.5 Å². The third kappa shape index (κ3) is 3.44. The fourth-order valence-electron chi connectivity index (χ4n) is 3.66. The first-order valence-corrected chi connectivity index (χ1v) is 10.3. The molecule has 0 N–H and O–H groups in total. The number of para-hydroxylation sites is 1. The molecule has 0 radical (unpaired) electrons. The minimum Gasteiger partial charge on any atom is -0.497 e. The van der Waals surface area contributed by atoms with Crippen molar-refractivity contribution >= 4 is 33.7 Å². The van der Waals surface area contributed by atoms with E-state index in [1.165, 1.54) is 4.57 Å². The maximum Gasteiger partial charge on any atom is 0.269 e. The van der Waals surface area contributed by atoms with Gasteiger partial charge in [0.2, 0.25) is 11.1 Å². The van der Waals surface area contributed by atoms with E-state index < -0.39 is 11.0 Å². The van der Waals surface area contributed by atoms with Gasteiger partial charge in [0.15, 0.2) is 5.39 Å². The van der Waals surface area contributed by atoms with Crippen LogP contribution in [0.15, 0.2) is 86.8 Å². The van der Waals surface area contributed by atoms with Gasteiger partial charge in [-0.05, 0) is 54.1 Å². The summed E-state index contributed by atoms with van der Waals surface area (Å²) in [5.41, 5.74) is 1.06. The molecule has 158 valence electrons. The van der Waals surface area contributed by atoms with Crippen molar-refractivity contribution in [2.75, 3.05) is 7.11 Å². The Bertz CT molecular complexity index is 1570. The van der Waals surface area contributed by atoms with Gasteiger partial charge >= 0.3 is 0 Å². The molecule has 0 bridgehead atoms. The van der Waals surface area contributed by atoms with Crippen molar-refractivity contribution < 1.29 is 9.15 Å². The van der Waals surface area contributed by atoms with Gasteiger partial charge in [-0.3, -0.25) is 14.2 Å². The van der Waals surface area contributed by atoms with Crippen molar-refractivity contribution in [2.45, 2.75) is 6.54 Å². The van der Waals surface area contributed by atoms with Gasteiger partial charge in [-0.15, -0.1) is 0 Å². The summed E-state index contributed by atoms with van der Waals surface area (Å²) in [6, 6.07) is 21.2. The third-order valence-corrected chi connectivity index (χ3v) is 5.56. The third-order valence-electron chi connectivity index (χ3n) is 5.30. The van der Waals surface area contributed by atoms with Crippen molar-refractivity contribution in [3.8, 4) is 17.1 Å². The molecule has 0 saturated heterocycles. The number of fused-ring (bicyclic) bond motifs is 2. The van der Waals surface area contributed by atoms with E-state index >= 15 is 0 Å². The number of ether oxygens (including phenoxy) is 1. The lowest BCUT2D eigenvalue weighted by Crippen LogP contribution is -2.28. The second-order valence-corrected chi connectivity index (χ2v) is 7.73. The monoisotopic (exact) mass is 444 g/mol. The molecule has 0 amide bonds. The summed E-state index contributed by atoms with van der Waals surface area (Å²) < 4.78 is 12.6. The van der Waals surface area contributed by atoms with Gasteiger partial charge in [0.05, 0.1) is 19.0 Å². The van der Waals surface area contributed by atoms with Crippen LogP contribution in [0, 0.1) is 0 Å². The Morgan fingerprint density at radius 2 is 1.69 bits per heavy atom. The highest BCUT2D eigenvalue weighted by Crippen LogP contribution is 2.23. The lowest BCUT2D eigenvalue weighted by molar-refractivity contribution is 0.414. The van der Waals surface area contributed by atoms with E-state index in [1.807, 2.05) is 24.3 Å². The maximum atomic E-state index is 13.6. The Balaban J connectivity index is 1.80. The van der Waals surface area contributed by atoms with Crippen LogP contribution in [0.5, 0.6) is 5.75 Å². The second kappa shape index (κ2) is 7.98. The summed E-state index contributed by atoms with van der Waals surface area (Å²) in [5.74, 6) is 1.09. The predicted molar refractivity (Wildman–Crippen MR) is 125 cm³/mol. The molecule has 0 unspecified atom stereocenters. The molecule has 0 fully saturated rings. The summed E-state index contributed by atoms with van der Waals surface area (Å²) >= 11 is 6.05. The van der Waals surface area contributed by atoms with E-state index in [2.05, 4.69) is 4.98 Å². The molecule has 0 aliphatic heterocycles. The second-order valence-electron chi connectivity index (χ2n) is 7.29. The molecule has 5 rings (SSSR count). The van der Waals surface area contributed by atoms with E-state index in [9.17, 15) is 9.59 Å². The Morgan fingerprint density at radius 1 is 0.969 bits per heavy atom. The van der Waals surface area contributed by atoms with Crippen molar-refractivity contribution in [1.82, 2.24) is 9.55 Å². The first-order chi connectivity index (χ1) is 15.5. The molecule has 0 saturated carbocycles. The van der Waals surface area contributed by atoms with Crippen molar-refractivity contribution in [3.63, 3.8) is 0 Å². The Kier molecular flexibility index (Phi) is 4.99. The minimum atomic E-state index is -0.463. The van der Waals surface area contributed by atoms with Crippen LogP contribution in [-0.2, 0) is 6.54 Å². The normalized spacial score (nSPS) is 11.2. The summed E-state index contributed by atoms with van der Waals surface area (Å²) in [7, 11) is 1.59. The summed E-state index contributed by atoms with van der Waals surface area (Å²) in [4.78, 5) is 31.3. The molecule has 6 nitrogen and oxygen atoms in total. The van der Waals surface area contributed by atoms with Gasteiger partial charge in [-0.25, -0.2) is 0 Å². The lowest BCUT2D eigenvalue weighted by atomic mass is 10.1. The number of methoxy groups -OCH3 is 1. The van der Waals surface area contributed by atoms with Gasteiger partial charge in [0.25, 0.3) is 5.56 Å². The number of nitrogens with zero attached hydrogens (tertiary/aromatic N) is 2. The topological polar surface area (TPSA) is 74.3 Å². The van der Waals surface area contributed by atoms with Crippen molar-refractivity contribution in [1.29, 1.82) is 0 Å². The van der Waals surface area contributed by atoms with Crippen molar-refractivity contribution in [3.05, 3.63) is 104 Å². The minimum absolute atomic E-state index is 0.00892. The van der Waals surface area contributed by atoms with Gasteiger partial charge in [0.1, 0.15) is 17.2 Å². The average Bonchev–Trinajstić information content (AvgIpc) is 2.82. The first kappa shape index (κ1) is 20.0. The van der Waals surface area contributed by atoms with Gasteiger partial charge in [0, 0.05) is 10.6 Å². The van der Waals surface area contributed by atoms with E-state index in [0.29, 0.717) is 33.1 Å². The number of aromatic nitrogens is 2. The van der Waals surface area contributed by atoms with Crippen LogP contribution < -0.4 is 15.7 Å². The molecule has 3 aromatic carbocycles. The highest BCUT2D eigenvalue weighted by atomic mass is 35.5. The highest BCUT2D eigenvalue weighted by Gasteiger charge is 2.19. The average molecular weight is 445 g/mol. The molecule has 2 heterocycles. The smallest absolute Gasteiger partial charge is 0.269 e. The molecule has 0 aliphatic rings. The van der Waals surface area contributed by atoms with Crippen LogP contribution in [0.2, 0.25) is 5.02 Å². The largest absolute Gasteiger partial charge is 0.497 e. The van der Waals surface area contributed by atoms with Gasteiger partial charge in [-0.2, -0.15) is 4.98 Å². The highest BCUT2D eigenvalue weighted by molar-refractivity contribution is 6.30. The summed E-state index contributed by atoms with van der Waals surface area (Å²) in [6.45, 7) is 0.218. The number of hydrogen-bond donors (Lipinski definition) is 0. The van der Waals surface area contributed by atoms with E-state index in [4.69, 9.17) is 20.8 Å². The molecule has 0 aliphatic carbocycles. The number of halogens is 1. The standard InChI is InChI=1S/C25H17ClN2O4/c1-31-18-12-6-15(7-13-18)14-28-23(16-8-10-17(26)11-9-16)27-24-21(25(28)30)22(29)19-4-2-3-5-20(19)32-24/h2-13H,14H2,1H3. The Morgan fingerprint density at radius 3 is 2.41 bits per heavy atom. The van der Waals surface area contributed by atoms with Crippen LogP contribution in [-0.4, -0.2) is 16.7 Å². The van der Waals surface area contributed by atoms with Gasteiger partial charge < -0.3 is 9.15 Å². The van der Waals surface area contributed by atoms with Crippen molar-refractivity contribution in [2.24, 2.45) is 0 Å². The maximum absolute atomic E-state index is 13.6. The lowest BCUT2D eigenvalue weighted by Gasteiger charge is -2.14. The van der Waals surface area contributed by atoms with E-state index in [1.54, 1.807) is 55.6 Å². The number of rotatable bonds is 4. The quantitative estimate of drug-likeness (QED) is 0.369. The zero-order chi connectivity index (χ0) is 22.2. The molecule has 7 heteroatoms. The van der Waals surface area contributed by atoms with Crippen LogP contribution >= 0.6 is 11.6 Å². The number of hydrogen-bond acceptors (Lipinski definition) is 5. The molecular formula is C25H17ClN2O4. The van der Waals surface area contributed by atoms with E-state index in [-0.39, 0.29) is 17.6 Å². The van der Waals surface area contributed by atoms with Gasteiger partial charge in [-0.1, -0.05) is 35.9 Å². The van der Waals surface area contributed by atoms with E-state index in [0.717, 1.165) is 5.56 Å². The first-order valence-electron chi connectivity index (χ1n) is 9.90. The van der Waals surface area contributed by atoms with Crippen LogP contribution in [0.4, 0.5) is 0 Å². The van der Waals surface area contributed by atoms with Crippen LogP contribution in [0.1, 0.15) is 5.56 Å². The predicted octanol–water partition coefficient (Wildman–Crippen LogP) is 4.88. The SMILES string of the molecule is COc1ccc(Cn2c(-c3ccc(Cl)cc3)nc3oc4ccccc4c(=O)c3c2=O)cc1. The van der Waals surface area contributed by atoms with Crippen LogP contribution in [0.3, 0.4) is 0 Å². The zero-order valence-corrected chi connectivity index (χ0v) is 17.8. The zero-order valence-electron chi connectivity index (χ0n) is 17.0. The molecule has 0 spiro atoms. The summed E-state index contributed by atoms with van der Waals surface area (Å²) in [6.07, 6.45) is 0. The molecule has 2 aromatic heterocycles. The molecular weight excluding hydrogens is 428 g/mol. The number of benzene rings is 3. The molecule has 0 atom stereocenters. The fourth-order valence-corrected chi connectivity index (χ4v) is 3.79.